The van der Waals surface area contributed by atoms with Gasteiger partial charge in [0.1, 0.15) is 0 Å². The first-order valence-corrected chi connectivity index (χ1v) is 4.48. The molecule has 0 bridgehead atoms. The smallest absolute Gasteiger partial charge is 0.0891 e. The first-order valence-electron chi connectivity index (χ1n) is 4.48. The van der Waals surface area contributed by atoms with Crippen LogP contribution in [0.1, 0.15) is 25.1 Å². The molecule has 0 aliphatic heterocycles. The second-order valence-corrected chi connectivity index (χ2v) is 3.22. The van der Waals surface area contributed by atoms with Crippen molar-refractivity contribution in [3.05, 3.63) is 29.6 Å². The molecule has 0 aliphatic carbocycles. The number of nitrogens with two attached hydrogens (primary N) is 1. The van der Waals surface area contributed by atoms with Crippen LogP contribution in [-0.2, 0) is 17.9 Å². The van der Waals surface area contributed by atoms with Crippen LogP contribution in [0.2, 0.25) is 0 Å². The predicted molar refractivity (Wildman–Crippen MR) is 52.1 cm³/mol. The molecule has 0 atom stereocenters. The number of hydrogen-bond acceptors (Lipinski definition) is 3. The van der Waals surface area contributed by atoms with Gasteiger partial charge in [-0.15, -0.1) is 0 Å². The third-order valence-corrected chi connectivity index (χ3v) is 1.69. The highest BCUT2D eigenvalue weighted by atomic mass is 16.5. The van der Waals surface area contributed by atoms with Gasteiger partial charge < -0.3 is 10.5 Å². The Labute approximate surface area is 78.9 Å². The van der Waals surface area contributed by atoms with E-state index in [-0.39, 0.29) is 6.10 Å². The van der Waals surface area contributed by atoms with Gasteiger partial charge >= 0.3 is 0 Å². The number of aromatic nitrogens is 1. The number of rotatable bonds is 4. The highest BCUT2D eigenvalue weighted by molar-refractivity contribution is 5.13. The summed E-state index contributed by atoms with van der Waals surface area (Å²) >= 11 is 0. The second-order valence-electron chi connectivity index (χ2n) is 3.22. The lowest BCUT2D eigenvalue weighted by Gasteiger charge is -2.06. The summed E-state index contributed by atoms with van der Waals surface area (Å²) < 4.78 is 5.41. The van der Waals surface area contributed by atoms with Gasteiger partial charge in [0.2, 0.25) is 0 Å². The maximum atomic E-state index is 5.45. The van der Waals surface area contributed by atoms with Crippen LogP contribution in [0.3, 0.4) is 0 Å². The summed E-state index contributed by atoms with van der Waals surface area (Å²) in [6.07, 6.45) is 2.04. The van der Waals surface area contributed by atoms with Crippen molar-refractivity contribution in [2.24, 2.45) is 5.73 Å². The van der Waals surface area contributed by atoms with Crippen LogP contribution in [0.25, 0.3) is 0 Å². The molecule has 1 aromatic heterocycles. The van der Waals surface area contributed by atoms with E-state index in [4.69, 9.17) is 10.5 Å². The van der Waals surface area contributed by atoms with E-state index in [9.17, 15) is 0 Å². The van der Waals surface area contributed by atoms with Crippen molar-refractivity contribution in [1.82, 2.24) is 4.98 Å². The minimum Gasteiger partial charge on any atom is -0.373 e. The van der Waals surface area contributed by atoms with E-state index in [1.807, 2.05) is 26.0 Å². The molecule has 0 saturated carbocycles. The second kappa shape index (κ2) is 4.94. The average Bonchev–Trinajstić information content (AvgIpc) is 2.15. The van der Waals surface area contributed by atoms with Crippen LogP contribution in [0.4, 0.5) is 0 Å². The third kappa shape index (κ3) is 3.53. The van der Waals surface area contributed by atoms with Gasteiger partial charge in [0.25, 0.3) is 0 Å². The molecule has 0 unspecified atom stereocenters. The molecule has 1 heterocycles. The summed E-state index contributed by atoms with van der Waals surface area (Å²) in [4.78, 5) is 4.22. The van der Waals surface area contributed by atoms with Crippen molar-refractivity contribution in [1.29, 1.82) is 0 Å². The Morgan fingerprint density at radius 3 is 2.69 bits per heavy atom. The van der Waals surface area contributed by atoms with E-state index in [0.29, 0.717) is 13.2 Å². The molecule has 72 valence electrons. The fraction of sp³-hybridized carbons (Fsp3) is 0.500. The molecule has 0 amide bonds. The van der Waals surface area contributed by atoms with E-state index in [1.54, 1.807) is 6.20 Å². The molecule has 2 N–H and O–H groups in total. The van der Waals surface area contributed by atoms with Crippen molar-refractivity contribution in [3.8, 4) is 0 Å². The van der Waals surface area contributed by atoms with Gasteiger partial charge in [-0.05, 0) is 25.5 Å². The molecular weight excluding hydrogens is 164 g/mol. The third-order valence-electron chi connectivity index (χ3n) is 1.69. The monoisotopic (exact) mass is 180 g/mol. The molecule has 3 heteroatoms. The Balaban J connectivity index is 2.49. The zero-order valence-electron chi connectivity index (χ0n) is 8.16. The Morgan fingerprint density at radius 2 is 2.23 bits per heavy atom. The minimum atomic E-state index is 0.246. The minimum absolute atomic E-state index is 0.246. The molecule has 0 fully saturated rings. The van der Waals surface area contributed by atoms with Crippen molar-refractivity contribution in [3.63, 3.8) is 0 Å². The molecule has 0 saturated heterocycles. The molecule has 0 spiro atoms. The molecule has 0 aromatic carbocycles. The zero-order chi connectivity index (χ0) is 9.68. The predicted octanol–water partition coefficient (Wildman–Crippen LogP) is 1.47. The Kier molecular flexibility index (Phi) is 3.86. The first-order chi connectivity index (χ1) is 6.22. The summed E-state index contributed by atoms with van der Waals surface area (Å²) in [5.41, 5.74) is 7.45. The normalized spacial score (nSPS) is 10.8. The fourth-order valence-corrected chi connectivity index (χ4v) is 0.913. The summed E-state index contributed by atoms with van der Waals surface area (Å²) in [6.45, 7) is 5.13. The highest BCUT2D eigenvalue weighted by Gasteiger charge is 1.97. The van der Waals surface area contributed by atoms with E-state index >= 15 is 0 Å². The highest BCUT2D eigenvalue weighted by Crippen LogP contribution is 2.02. The van der Waals surface area contributed by atoms with Gasteiger partial charge in [0.15, 0.2) is 0 Å². The van der Waals surface area contributed by atoms with Gasteiger partial charge in [-0.3, -0.25) is 4.98 Å². The lowest BCUT2D eigenvalue weighted by Crippen LogP contribution is -2.04. The van der Waals surface area contributed by atoms with Crippen molar-refractivity contribution in [2.45, 2.75) is 33.1 Å². The van der Waals surface area contributed by atoms with Gasteiger partial charge in [0, 0.05) is 12.7 Å². The van der Waals surface area contributed by atoms with Crippen molar-refractivity contribution in [2.75, 3.05) is 0 Å². The molecule has 13 heavy (non-hydrogen) atoms. The van der Waals surface area contributed by atoms with Gasteiger partial charge in [0.05, 0.1) is 18.4 Å². The quantitative estimate of drug-likeness (QED) is 0.763. The fourth-order valence-electron chi connectivity index (χ4n) is 0.913. The SMILES string of the molecule is CC(C)OCc1ccc(CN)cn1. The van der Waals surface area contributed by atoms with Crippen LogP contribution in [0.15, 0.2) is 18.3 Å². The van der Waals surface area contributed by atoms with E-state index in [2.05, 4.69) is 4.98 Å². The largest absolute Gasteiger partial charge is 0.373 e. The molecule has 0 aliphatic rings. The first kappa shape index (κ1) is 10.2. The lowest BCUT2D eigenvalue weighted by molar-refractivity contribution is 0.0636. The standard InChI is InChI=1S/C10H16N2O/c1-8(2)13-7-10-4-3-9(5-11)6-12-10/h3-4,6,8H,5,7,11H2,1-2H3. The molecule has 0 radical (unpaired) electrons. The number of hydrogen-bond donors (Lipinski definition) is 1. The molecule has 1 rings (SSSR count). The van der Waals surface area contributed by atoms with E-state index < -0.39 is 0 Å². The van der Waals surface area contributed by atoms with Crippen molar-refractivity contribution < 1.29 is 4.74 Å². The lowest BCUT2D eigenvalue weighted by atomic mass is 10.2. The molecule has 1 aromatic rings. The number of nitrogens with zero attached hydrogens (tertiary/aromatic N) is 1. The van der Waals surface area contributed by atoms with E-state index in [0.717, 1.165) is 11.3 Å². The number of pyridine rings is 1. The molecular formula is C10H16N2O. The van der Waals surface area contributed by atoms with Crippen LogP contribution in [0.5, 0.6) is 0 Å². The molecule has 3 nitrogen and oxygen atoms in total. The zero-order valence-corrected chi connectivity index (χ0v) is 8.16. The maximum absolute atomic E-state index is 5.45. The van der Waals surface area contributed by atoms with Crippen LogP contribution < -0.4 is 5.73 Å². The summed E-state index contributed by atoms with van der Waals surface area (Å²) in [5, 5.41) is 0. The van der Waals surface area contributed by atoms with Gasteiger partial charge in [-0.2, -0.15) is 0 Å². The maximum Gasteiger partial charge on any atom is 0.0891 e. The average molecular weight is 180 g/mol. The van der Waals surface area contributed by atoms with Crippen LogP contribution >= 0.6 is 0 Å². The van der Waals surface area contributed by atoms with Gasteiger partial charge in [-0.25, -0.2) is 0 Å². The topological polar surface area (TPSA) is 48.1 Å². The van der Waals surface area contributed by atoms with Crippen LogP contribution in [0, 0.1) is 0 Å². The Hall–Kier alpha value is -0.930. The summed E-state index contributed by atoms with van der Waals surface area (Å²) in [6, 6.07) is 3.93. The van der Waals surface area contributed by atoms with Crippen molar-refractivity contribution >= 4 is 0 Å². The van der Waals surface area contributed by atoms with Crippen LogP contribution in [-0.4, -0.2) is 11.1 Å². The summed E-state index contributed by atoms with van der Waals surface area (Å²) in [5.74, 6) is 0. The van der Waals surface area contributed by atoms with E-state index in [1.165, 1.54) is 0 Å². The van der Waals surface area contributed by atoms with Gasteiger partial charge in [-0.1, -0.05) is 6.07 Å². The Bertz CT molecular complexity index is 244. The summed E-state index contributed by atoms with van der Waals surface area (Å²) in [7, 11) is 0. The number of ether oxygens (including phenoxy) is 1. The Morgan fingerprint density at radius 1 is 1.46 bits per heavy atom.